The monoisotopic (exact) mass is 556 g/mol. The molecule has 0 spiro atoms. The van der Waals surface area contributed by atoms with E-state index in [1.165, 1.54) is 7.11 Å². The molecule has 212 valence electrons. The topological polar surface area (TPSA) is 109 Å². The lowest BCUT2D eigenvalue weighted by molar-refractivity contribution is -0.143. The second-order valence-electron chi connectivity index (χ2n) is 9.96. The molecule has 3 heterocycles. The molecule has 0 radical (unpaired) electrons. The molecule has 1 atom stereocenters. The first-order valence-electron chi connectivity index (χ1n) is 13.3. The van der Waals surface area contributed by atoms with Crippen LogP contribution in [0.2, 0.25) is 0 Å². The standard InChI is InChI=1S/C30H32N6O5/c1-4-18-41-30(39)36-25-20-35(29(38)26(40-3)21-8-6-5-7-9-21)19-24(25)27(32-36)31-28(37)22-10-12-23(13-11-22)34-16-14-33(2)15-17-34/h1,5-13,26H,14-20H2,2-3H3,(H,31,32,37)/t26-/m1/s1. The summed E-state index contributed by atoms with van der Waals surface area (Å²) in [6, 6.07) is 16.5. The number of carbonyl (C=O) groups excluding carboxylic acids is 3. The Balaban J connectivity index is 1.36. The van der Waals surface area contributed by atoms with Crippen LogP contribution in [-0.4, -0.2) is 84.4 Å². The van der Waals surface area contributed by atoms with E-state index in [9.17, 15) is 14.4 Å². The van der Waals surface area contributed by atoms with Crippen molar-refractivity contribution < 1.29 is 23.9 Å². The first-order valence-corrected chi connectivity index (χ1v) is 13.3. The number of likely N-dealkylation sites (N-methyl/N-ethyl adjacent to an activating group) is 1. The fraction of sp³-hybridized carbons (Fsp3) is 0.333. The van der Waals surface area contributed by atoms with E-state index >= 15 is 0 Å². The third-order valence-electron chi connectivity index (χ3n) is 7.34. The second kappa shape index (κ2) is 12.2. The van der Waals surface area contributed by atoms with Gasteiger partial charge in [0.2, 0.25) is 0 Å². The van der Waals surface area contributed by atoms with Crippen LogP contribution in [0.5, 0.6) is 0 Å². The third kappa shape index (κ3) is 5.94. The van der Waals surface area contributed by atoms with Crippen molar-refractivity contribution in [1.82, 2.24) is 19.6 Å². The van der Waals surface area contributed by atoms with Crippen molar-refractivity contribution >= 4 is 29.4 Å². The van der Waals surface area contributed by atoms with Gasteiger partial charge >= 0.3 is 6.09 Å². The number of terminal acetylenes is 1. The molecule has 1 fully saturated rings. The summed E-state index contributed by atoms with van der Waals surface area (Å²) in [5.41, 5.74) is 3.18. The second-order valence-corrected chi connectivity index (χ2v) is 9.96. The third-order valence-corrected chi connectivity index (χ3v) is 7.34. The van der Waals surface area contributed by atoms with Crippen molar-refractivity contribution in [2.24, 2.45) is 0 Å². The van der Waals surface area contributed by atoms with Gasteiger partial charge < -0.3 is 29.5 Å². The maximum absolute atomic E-state index is 13.5. The number of piperazine rings is 1. The first-order chi connectivity index (χ1) is 19.9. The number of methoxy groups -OCH3 is 1. The van der Waals surface area contributed by atoms with Gasteiger partial charge in [-0.3, -0.25) is 9.59 Å². The van der Waals surface area contributed by atoms with Crippen LogP contribution in [0.1, 0.15) is 33.3 Å². The number of rotatable bonds is 7. The van der Waals surface area contributed by atoms with E-state index in [1.54, 1.807) is 17.0 Å². The molecule has 2 amide bonds. The molecule has 2 aromatic carbocycles. The number of nitrogens with zero attached hydrogens (tertiary/aromatic N) is 5. The number of carbonyl (C=O) groups is 3. The SMILES string of the molecule is C#CCOC(=O)n1nc(NC(=O)c2ccc(N3CCN(C)CC3)cc2)c2c1CN(C(=O)[C@H](OC)c1ccccc1)C2. The lowest BCUT2D eigenvalue weighted by atomic mass is 10.1. The molecule has 41 heavy (non-hydrogen) atoms. The number of amides is 2. The minimum absolute atomic E-state index is 0.0780. The van der Waals surface area contributed by atoms with Gasteiger partial charge in [-0.1, -0.05) is 36.3 Å². The van der Waals surface area contributed by atoms with Gasteiger partial charge in [0.25, 0.3) is 11.8 Å². The lowest BCUT2D eigenvalue weighted by Crippen LogP contribution is -2.44. The van der Waals surface area contributed by atoms with Crippen LogP contribution >= 0.6 is 0 Å². The van der Waals surface area contributed by atoms with E-state index in [4.69, 9.17) is 15.9 Å². The van der Waals surface area contributed by atoms with Crippen molar-refractivity contribution in [3.63, 3.8) is 0 Å². The van der Waals surface area contributed by atoms with Crippen molar-refractivity contribution in [2.45, 2.75) is 19.2 Å². The number of nitrogens with one attached hydrogen (secondary N) is 1. The van der Waals surface area contributed by atoms with E-state index in [-0.39, 0.29) is 37.3 Å². The molecular weight excluding hydrogens is 524 g/mol. The number of aromatic nitrogens is 2. The molecule has 2 aliphatic rings. The van der Waals surface area contributed by atoms with Crippen LogP contribution in [0.15, 0.2) is 54.6 Å². The molecule has 1 N–H and O–H groups in total. The van der Waals surface area contributed by atoms with Crippen LogP contribution in [0, 0.1) is 12.3 Å². The van der Waals surface area contributed by atoms with Crippen molar-refractivity contribution in [1.29, 1.82) is 0 Å². The largest absolute Gasteiger partial charge is 0.436 e. The van der Waals surface area contributed by atoms with Gasteiger partial charge in [0, 0.05) is 50.1 Å². The van der Waals surface area contributed by atoms with Gasteiger partial charge in [-0.25, -0.2) is 4.79 Å². The minimum Gasteiger partial charge on any atom is -0.435 e. The Bertz CT molecular complexity index is 1450. The highest BCUT2D eigenvalue weighted by Gasteiger charge is 2.36. The zero-order chi connectivity index (χ0) is 28.9. The highest BCUT2D eigenvalue weighted by molar-refractivity contribution is 6.04. The predicted molar refractivity (Wildman–Crippen MR) is 152 cm³/mol. The number of hydrogen-bond donors (Lipinski definition) is 1. The fourth-order valence-electron chi connectivity index (χ4n) is 5.05. The van der Waals surface area contributed by atoms with E-state index in [2.05, 4.69) is 33.2 Å². The summed E-state index contributed by atoms with van der Waals surface area (Å²) in [6.07, 6.45) is 3.63. The Hall–Kier alpha value is -4.66. The number of benzene rings is 2. The molecular formula is C30H32N6O5. The molecule has 0 bridgehead atoms. The van der Waals surface area contributed by atoms with E-state index < -0.39 is 12.2 Å². The first kappa shape index (κ1) is 27.9. The van der Waals surface area contributed by atoms with Crippen LogP contribution < -0.4 is 10.2 Å². The Morgan fingerprint density at radius 3 is 2.39 bits per heavy atom. The average molecular weight is 557 g/mol. The molecule has 0 saturated carbocycles. The maximum atomic E-state index is 13.5. The molecule has 0 unspecified atom stereocenters. The van der Waals surface area contributed by atoms with E-state index in [0.29, 0.717) is 22.4 Å². The molecule has 1 saturated heterocycles. The number of fused-ring (bicyclic) bond motifs is 1. The lowest BCUT2D eigenvalue weighted by Gasteiger charge is -2.34. The van der Waals surface area contributed by atoms with Gasteiger partial charge in [0.15, 0.2) is 18.5 Å². The van der Waals surface area contributed by atoms with Gasteiger partial charge in [0.05, 0.1) is 18.8 Å². The molecule has 0 aliphatic carbocycles. The molecule has 1 aromatic heterocycles. The van der Waals surface area contributed by atoms with Crippen LogP contribution in [-0.2, 0) is 27.4 Å². The predicted octanol–water partition coefficient (Wildman–Crippen LogP) is 2.74. The van der Waals surface area contributed by atoms with Gasteiger partial charge in [0.1, 0.15) is 0 Å². The zero-order valence-corrected chi connectivity index (χ0v) is 23.1. The minimum atomic E-state index is -0.827. The highest BCUT2D eigenvalue weighted by Crippen LogP contribution is 2.32. The number of anilines is 2. The van der Waals surface area contributed by atoms with Gasteiger partial charge in [-0.2, -0.15) is 4.68 Å². The van der Waals surface area contributed by atoms with Crippen LogP contribution in [0.3, 0.4) is 0 Å². The number of ether oxygens (including phenoxy) is 2. The van der Waals surface area contributed by atoms with Crippen LogP contribution in [0.25, 0.3) is 0 Å². The molecule has 2 aliphatic heterocycles. The number of hydrogen-bond acceptors (Lipinski definition) is 8. The molecule has 3 aromatic rings. The summed E-state index contributed by atoms with van der Waals surface area (Å²) >= 11 is 0. The van der Waals surface area contributed by atoms with Crippen molar-refractivity contribution in [3.05, 3.63) is 77.0 Å². The van der Waals surface area contributed by atoms with Crippen molar-refractivity contribution in [3.8, 4) is 12.3 Å². The Morgan fingerprint density at radius 1 is 1.02 bits per heavy atom. The molecule has 11 heteroatoms. The summed E-state index contributed by atoms with van der Waals surface area (Å²) in [6.45, 7) is 3.77. The fourth-order valence-corrected chi connectivity index (χ4v) is 5.05. The Morgan fingerprint density at radius 2 is 1.73 bits per heavy atom. The van der Waals surface area contributed by atoms with Crippen molar-refractivity contribution in [2.75, 3.05) is 57.2 Å². The summed E-state index contributed by atoms with van der Waals surface area (Å²) < 4.78 is 11.7. The van der Waals surface area contributed by atoms with Crippen LogP contribution in [0.4, 0.5) is 16.3 Å². The van der Waals surface area contributed by atoms with Gasteiger partial charge in [-0.15, -0.1) is 11.5 Å². The summed E-state index contributed by atoms with van der Waals surface area (Å²) in [4.78, 5) is 45.6. The van der Waals surface area contributed by atoms with E-state index in [1.807, 2.05) is 42.5 Å². The maximum Gasteiger partial charge on any atom is 0.436 e. The quantitative estimate of drug-likeness (QED) is 0.443. The summed E-state index contributed by atoms with van der Waals surface area (Å²) in [5, 5.41) is 7.15. The smallest absolute Gasteiger partial charge is 0.435 e. The Kier molecular flexibility index (Phi) is 8.33. The van der Waals surface area contributed by atoms with E-state index in [0.717, 1.165) is 36.5 Å². The molecule has 5 rings (SSSR count). The highest BCUT2D eigenvalue weighted by atomic mass is 16.6. The average Bonchev–Trinajstić information content (AvgIpc) is 3.58. The normalized spacial score (nSPS) is 15.6. The summed E-state index contributed by atoms with van der Waals surface area (Å²) in [7, 11) is 3.57. The zero-order valence-electron chi connectivity index (χ0n) is 23.1. The van der Waals surface area contributed by atoms with Gasteiger partial charge in [-0.05, 0) is 36.9 Å². The Labute approximate surface area is 238 Å². The molecule has 11 nitrogen and oxygen atoms in total. The summed E-state index contributed by atoms with van der Waals surface area (Å²) in [5.74, 6) is 1.76.